The van der Waals surface area contributed by atoms with Crippen LogP contribution in [0.1, 0.15) is 17.3 Å². The van der Waals surface area contributed by atoms with Crippen molar-refractivity contribution in [2.75, 3.05) is 20.3 Å². The van der Waals surface area contributed by atoms with E-state index in [9.17, 15) is 9.59 Å². The minimum atomic E-state index is -0.466. The van der Waals surface area contributed by atoms with E-state index in [1.165, 1.54) is 18.2 Å². The highest BCUT2D eigenvalue weighted by Crippen LogP contribution is 2.22. The fourth-order valence-corrected chi connectivity index (χ4v) is 2.17. The van der Waals surface area contributed by atoms with Gasteiger partial charge in [0.1, 0.15) is 0 Å². The van der Waals surface area contributed by atoms with Gasteiger partial charge in [-0.25, -0.2) is 0 Å². The Bertz CT molecular complexity index is 616. The van der Waals surface area contributed by atoms with E-state index in [4.69, 9.17) is 40.2 Å². The molecule has 0 aliphatic heterocycles. The van der Waals surface area contributed by atoms with Crippen molar-refractivity contribution in [1.29, 1.82) is 0 Å². The van der Waals surface area contributed by atoms with Crippen LogP contribution in [0.3, 0.4) is 0 Å². The van der Waals surface area contributed by atoms with Gasteiger partial charge in [0.25, 0.3) is 11.8 Å². The van der Waals surface area contributed by atoms with E-state index in [1.807, 2.05) is 6.92 Å². The SMILES string of the molecule is COC[C@H](C)NC(=S)NNC(=O)CNC(=O)c1ccc(Cl)c(Cl)c1. The first kappa shape index (κ1) is 20.4. The maximum Gasteiger partial charge on any atom is 0.257 e. The number of amides is 2. The summed E-state index contributed by atoms with van der Waals surface area (Å²) in [6.07, 6.45) is 0. The molecular weight excluding hydrogens is 375 g/mol. The van der Waals surface area contributed by atoms with E-state index in [1.54, 1.807) is 7.11 Å². The van der Waals surface area contributed by atoms with E-state index < -0.39 is 11.8 Å². The van der Waals surface area contributed by atoms with Crippen LogP contribution < -0.4 is 21.5 Å². The second kappa shape index (κ2) is 10.3. The van der Waals surface area contributed by atoms with Crippen LogP contribution in [0.15, 0.2) is 18.2 Å². The van der Waals surface area contributed by atoms with Crippen LogP contribution in [-0.4, -0.2) is 43.2 Å². The zero-order valence-electron chi connectivity index (χ0n) is 13.1. The predicted octanol–water partition coefficient (Wildman–Crippen LogP) is 1.25. The summed E-state index contributed by atoms with van der Waals surface area (Å²) < 4.78 is 4.95. The molecule has 4 N–H and O–H groups in total. The summed E-state index contributed by atoms with van der Waals surface area (Å²) in [5, 5.41) is 6.21. The topological polar surface area (TPSA) is 91.5 Å². The van der Waals surface area contributed by atoms with Crippen LogP contribution in [0.2, 0.25) is 10.0 Å². The molecule has 0 aromatic heterocycles. The smallest absolute Gasteiger partial charge is 0.257 e. The number of thiocarbonyl (C=S) groups is 1. The van der Waals surface area contributed by atoms with Crippen molar-refractivity contribution in [3.8, 4) is 0 Å². The van der Waals surface area contributed by atoms with Crippen LogP contribution in [0.25, 0.3) is 0 Å². The average molecular weight is 393 g/mol. The Morgan fingerprint density at radius 3 is 2.58 bits per heavy atom. The lowest BCUT2D eigenvalue weighted by Crippen LogP contribution is -2.52. The minimum Gasteiger partial charge on any atom is -0.383 e. The van der Waals surface area contributed by atoms with Gasteiger partial charge < -0.3 is 15.4 Å². The molecule has 0 radical (unpaired) electrons. The molecule has 0 aliphatic rings. The molecule has 0 spiro atoms. The standard InChI is InChI=1S/C14H18Cl2N4O3S/c1-8(7-23-2)18-14(24)20-19-12(21)6-17-13(22)9-3-4-10(15)11(16)5-9/h3-5,8H,6-7H2,1-2H3,(H,17,22)(H,19,21)(H2,18,20,24)/t8-/m0/s1. The second-order valence-corrected chi connectivity index (χ2v) is 6.04. The van der Waals surface area contributed by atoms with Gasteiger partial charge >= 0.3 is 0 Å². The predicted molar refractivity (Wildman–Crippen MR) is 97.1 cm³/mol. The summed E-state index contributed by atoms with van der Waals surface area (Å²) in [6.45, 7) is 2.11. The van der Waals surface area contributed by atoms with Crippen molar-refractivity contribution in [3.05, 3.63) is 33.8 Å². The Labute approximate surface area is 155 Å². The van der Waals surface area contributed by atoms with Gasteiger partial charge in [-0.15, -0.1) is 0 Å². The van der Waals surface area contributed by atoms with Gasteiger partial charge in [-0.05, 0) is 37.3 Å². The molecule has 0 unspecified atom stereocenters. The number of carbonyl (C=O) groups is 2. The summed E-state index contributed by atoms with van der Waals surface area (Å²) in [6, 6.07) is 4.43. The largest absolute Gasteiger partial charge is 0.383 e. The molecule has 0 fully saturated rings. The first-order chi connectivity index (χ1) is 11.3. The van der Waals surface area contributed by atoms with Crippen molar-refractivity contribution < 1.29 is 14.3 Å². The van der Waals surface area contributed by atoms with Gasteiger partial charge in [-0.3, -0.25) is 20.4 Å². The monoisotopic (exact) mass is 392 g/mol. The van der Waals surface area contributed by atoms with E-state index in [0.29, 0.717) is 17.2 Å². The zero-order valence-corrected chi connectivity index (χ0v) is 15.4. The fourth-order valence-electron chi connectivity index (χ4n) is 1.62. The van der Waals surface area contributed by atoms with E-state index in [-0.39, 0.29) is 22.7 Å². The highest BCUT2D eigenvalue weighted by Gasteiger charge is 2.10. The highest BCUT2D eigenvalue weighted by molar-refractivity contribution is 7.80. The quantitative estimate of drug-likeness (QED) is 0.430. The number of carbonyl (C=O) groups excluding carboxylic acids is 2. The van der Waals surface area contributed by atoms with Gasteiger partial charge in [0.15, 0.2) is 5.11 Å². The van der Waals surface area contributed by atoms with E-state index in [2.05, 4.69) is 21.5 Å². The van der Waals surface area contributed by atoms with Crippen molar-refractivity contribution in [1.82, 2.24) is 21.5 Å². The molecule has 10 heteroatoms. The Morgan fingerprint density at radius 1 is 1.25 bits per heavy atom. The molecule has 0 saturated heterocycles. The Hall–Kier alpha value is -1.61. The molecule has 7 nitrogen and oxygen atoms in total. The number of halogens is 2. The van der Waals surface area contributed by atoms with Gasteiger partial charge in [0.05, 0.1) is 23.2 Å². The van der Waals surface area contributed by atoms with Crippen LogP contribution in [0.4, 0.5) is 0 Å². The molecular formula is C14H18Cl2N4O3S. The average Bonchev–Trinajstić information content (AvgIpc) is 2.53. The number of ether oxygens (including phenoxy) is 1. The number of hydrogen-bond donors (Lipinski definition) is 4. The van der Waals surface area contributed by atoms with Crippen molar-refractivity contribution in [3.63, 3.8) is 0 Å². The first-order valence-electron chi connectivity index (χ1n) is 6.91. The van der Waals surface area contributed by atoms with Crippen molar-refractivity contribution >= 4 is 52.3 Å². The Balaban J connectivity index is 2.34. The summed E-state index contributed by atoms with van der Waals surface area (Å²) >= 11 is 16.6. The normalized spacial score (nSPS) is 11.3. The number of methoxy groups -OCH3 is 1. The van der Waals surface area contributed by atoms with Crippen molar-refractivity contribution in [2.45, 2.75) is 13.0 Å². The summed E-state index contributed by atoms with van der Waals surface area (Å²) in [7, 11) is 1.58. The molecule has 2 amide bonds. The molecule has 1 rings (SSSR count). The summed E-state index contributed by atoms with van der Waals surface area (Å²) in [5.74, 6) is -0.912. The van der Waals surface area contributed by atoms with Crippen LogP contribution in [0, 0.1) is 0 Å². The summed E-state index contributed by atoms with van der Waals surface area (Å²) in [5.41, 5.74) is 5.19. The molecule has 0 aliphatic carbocycles. The van der Waals surface area contributed by atoms with Crippen LogP contribution in [0.5, 0.6) is 0 Å². The molecule has 1 aromatic carbocycles. The van der Waals surface area contributed by atoms with Gasteiger partial charge in [0.2, 0.25) is 0 Å². The zero-order chi connectivity index (χ0) is 18.1. The lowest BCUT2D eigenvalue weighted by Gasteiger charge is -2.16. The molecule has 1 atom stereocenters. The van der Waals surface area contributed by atoms with E-state index in [0.717, 1.165) is 0 Å². The molecule has 132 valence electrons. The highest BCUT2D eigenvalue weighted by atomic mass is 35.5. The molecule has 24 heavy (non-hydrogen) atoms. The maximum atomic E-state index is 11.9. The second-order valence-electron chi connectivity index (χ2n) is 4.81. The Kier molecular flexibility index (Phi) is 8.77. The van der Waals surface area contributed by atoms with Crippen LogP contribution in [-0.2, 0) is 9.53 Å². The van der Waals surface area contributed by atoms with Gasteiger partial charge in [-0.1, -0.05) is 23.2 Å². The fraction of sp³-hybridized carbons (Fsp3) is 0.357. The third-order valence-electron chi connectivity index (χ3n) is 2.70. The van der Waals surface area contributed by atoms with Gasteiger partial charge in [-0.2, -0.15) is 0 Å². The first-order valence-corrected chi connectivity index (χ1v) is 8.07. The Morgan fingerprint density at radius 2 is 1.96 bits per heavy atom. The third kappa shape index (κ3) is 7.31. The lowest BCUT2D eigenvalue weighted by molar-refractivity contribution is -0.120. The minimum absolute atomic E-state index is 0.0127. The molecule has 1 aromatic rings. The lowest BCUT2D eigenvalue weighted by atomic mass is 10.2. The van der Waals surface area contributed by atoms with E-state index >= 15 is 0 Å². The number of nitrogens with one attached hydrogen (secondary N) is 4. The van der Waals surface area contributed by atoms with Crippen LogP contribution >= 0.6 is 35.4 Å². The maximum absolute atomic E-state index is 11.9. The van der Waals surface area contributed by atoms with Crippen molar-refractivity contribution in [2.24, 2.45) is 0 Å². The molecule has 0 heterocycles. The molecule has 0 bridgehead atoms. The number of hydrogen-bond acceptors (Lipinski definition) is 4. The molecule has 0 saturated carbocycles. The number of hydrazine groups is 1. The number of rotatable bonds is 6. The van der Waals surface area contributed by atoms with Gasteiger partial charge in [0, 0.05) is 18.7 Å². The number of benzene rings is 1. The summed E-state index contributed by atoms with van der Waals surface area (Å²) in [4.78, 5) is 23.6. The third-order valence-corrected chi connectivity index (χ3v) is 3.66.